The first-order chi connectivity index (χ1) is 4.81. The number of hydrogen-bond acceptors (Lipinski definition) is 4. The fraction of sp³-hybridized carbons (Fsp3) is 0.500. The summed E-state index contributed by atoms with van der Waals surface area (Å²) in [5, 5.41) is 2.79. The van der Waals surface area contributed by atoms with Crippen LogP contribution in [0.4, 0.5) is 0 Å². The van der Waals surface area contributed by atoms with Crippen LogP contribution in [0.1, 0.15) is 0 Å². The molecular formula is C6H12N2O2. The third kappa shape index (κ3) is 5.11. The van der Waals surface area contributed by atoms with Gasteiger partial charge in [0.15, 0.2) is 0 Å². The Morgan fingerprint density at radius 3 is 3.00 bits per heavy atom. The molecule has 0 spiro atoms. The molecule has 0 heterocycles. The van der Waals surface area contributed by atoms with E-state index in [0.29, 0.717) is 13.1 Å². The lowest BCUT2D eigenvalue weighted by Gasteiger charge is -1.93. The molecule has 0 saturated carbocycles. The van der Waals surface area contributed by atoms with E-state index in [4.69, 9.17) is 5.73 Å². The van der Waals surface area contributed by atoms with E-state index in [0.717, 1.165) is 0 Å². The normalized spacial score (nSPS) is 9.80. The molecule has 4 heteroatoms. The van der Waals surface area contributed by atoms with Gasteiger partial charge < -0.3 is 15.8 Å². The Labute approximate surface area is 60.0 Å². The highest BCUT2D eigenvalue weighted by Gasteiger charge is 1.87. The summed E-state index contributed by atoms with van der Waals surface area (Å²) in [6.45, 7) is 1.21. The van der Waals surface area contributed by atoms with Crippen LogP contribution in [0.2, 0.25) is 0 Å². The lowest BCUT2D eigenvalue weighted by molar-refractivity contribution is -0.134. The average Bonchev–Trinajstić information content (AvgIpc) is 1.98. The number of ether oxygens (including phenoxy) is 1. The molecule has 0 rings (SSSR count). The molecule has 10 heavy (non-hydrogen) atoms. The molecule has 0 aliphatic heterocycles. The van der Waals surface area contributed by atoms with Gasteiger partial charge in [0.05, 0.1) is 7.11 Å². The summed E-state index contributed by atoms with van der Waals surface area (Å²) < 4.78 is 4.33. The Morgan fingerprint density at radius 2 is 2.50 bits per heavy atom. The molecule has 0 aromatic heterocycles. The predicted molar refractivity (Wildman–Crippen MR) is 38.2 cm³/mol. The number of nitrogens with one attached hydrogen (secondary N) is 1. The topological polar surface area (TPSA) is 64.3 Å². The summed E-state index contributed by atoms with van der Waals surface area (Å²) in [6.07, 6.45) is 2.81. The number of esters is 1. The van der Waals surface area contributed by atoms with Crippen LogP contribution in [-0.4, -0.2) is 26.2 Å². The quantitative estimate of drug-likeness (QED) is 0.309. The second-order valence-electron chi connectivity index (χ2n) is 1.60. The van der Waals surface area contributed by atoms with Gasteiger partial charge in [0.1, 0.15) is 0 Å². The zero-order valence-corrected chi connectivity index (χ0v) is 5.96. The van der Waals surface area contributed by atoms with E-state index in [1.54, 1.807) is 0 Å². The monoisotopic (exact) mass is 144 g/mol. The Hall–Kier alpha value is -1.03. The standard InChI is InChI=1S/C6H12N2O2/c1-10-6(9)2-4-8-5-3-7/h2,4,8H,3,5,7H2,1H3/b4-2+. The van der Waals surface area contributed by atoms with Crippen molar-refractivity contribution in [3.63, 3.8) is 0 Å². The number of methoxy groups -OCH3 is 1. The fourth-order valence-electron chi connectivity index (χ4n) is 0.362. The predicted octanol–water partition coefficient (Wildman–Crippen LogP) is -0.779. The molecule has 0 fully saturated rings. The van der Waals surface area contributed by atoms with Crippen molar-refractivity contribution in [3.8, 4) is 0 Å². The maximum Gasteiger partial charge on any atom is 0.331 e. The zero-order chi connectivity index (χ0) is 7.82. The van der Waals surface area contributed by atoms with E-state index < -0.39 is 0 Å². The second kappa shape index (κ2) is 6.10. The first-order valence-corrected chi connectivity index (χ1v) is 2.99. The van der Waals surface area contributed by atoms with Gasteiger partial charge in [-0.1, -0.05) is 0 Å². The van der Waals surface area contributed by atoms with E-state index in [2.05, 4.69) is 10.1 Å². The van der Waals surface area contributed by atoms with Gasteiger partial charge in [-0.2, -0.15) is 0 Å². The minimum atomic E-state index is -0.371. The summed E-state index contributed by atoms with van der Waals surface area (Å²) in [4.78, 5) is 10.4. The first-order valence-electron chi connectivity index (χ1n) is 2.99. The van der Waals surface area contributed by atoms with E-state index in [-0.39, 0.29) is 5.97 Å². The number of carbonyl (C=O) groups is 1. The maximum absolute atomic E-state index is 10.4. The average molecular weight is 144 g/mol. The van der Waals surface area contributed by atoms with Gasteiger partial charge in [0, 0.05) is 25.4 Å². The third-order valence-electron chi connectivity index (χ3n) is 0.827. The molecule has 0 unspecified atom stereocenters. The number of carbonyl (C=O) groups excluding carboxylic acids is 1. The SMILES string of the molecule is COC(=O)/C=C/NCCN. The van der Waals surface area contributed by atoms with Crippen LogP contribution in [-0.2, 0) is 9.53 Å². The van der Waals surface area contributed by atoms with Gasteiger partial charge in [-0.15, -0.1) is 0 Å². The zero-order valence-electron chi connectivity index (χ0n) is 5.96. The molecule has 0 aliphatic carbocycles. The lowest BCUT2D eigenvalue weighted by atomic mass is 10.6. The van der Waals surface area contributed by atoms with Gasteiger partial charge in [-0.25, -0.2) is 4.79 Å². The van der Waals surface area contributed by atoms with Crippen molar-refractivity contribution in [2.75, 3.05) is 20.2 Å². The second-order valence-corrected chi connectivity index (χ2v) is 1.60. The molecule has 58 valence electrons. The molecule has 0 aliphatic rings. The Bertz CT molecular complexity index is 123. The van der Waals surface area contributed by atoms with Crippen molar-refractivity contribution in [3.05, 3.63) is 12.3 Å². The number of nitrogens with two attached hydrogens (primary N) is 1. The minimum absolute atomic E-state index is 0.371. The highest BCUT2D eigenvalue weighted by atomic mass is 16.5. The van der Waals surface area contributed by atoms with Gasteiger partial charge in [0.2, 0.25) is 0 Å². The van der Waals surface area contributed by atoms with E-state index in [1.807, 2.05) is 0 Å². The first kappa shape index (κ1) is 8.97. The molecular weight excluding hydrogens is 132 g/mol. The summed E-state index contributed by atoms with van der Waals surface area (Å²) in [5.74, 6) is -0.371. The summed E-state index contributed by atoms with van der Waals surface area (Å²) in [7, 11) is 1.33. The third-order valence-corrected chi connectivity index (χ3v) is 0.827. The molecule has 4 nitrogen and oxygen atoms in total. The van der Waals surface area contributed by atoms with Crippen LogP contribution in [0.25, 0.3) is 0 Å². The summed E-state index contributed by atoms with van der Waals surface area (Å²) in [6, 6.07) is 0. The maximum atomic E-state index is 10.4. The van der Waals surface area contributed by atoms with Crippen molar-refractivity contribution < 1.29 is 9.53 Å². The van der Waals surface area contributed by atoms with E-state index in [1.165, 1.54) is 19.4 Å². The van der Waals surface area contributed by atoms with E-state index in [9.17, 15) is 4.79 Å². The van der Waals surface area contributed by atoms with Gasteiger partial charge in [0.25, 0.3) is 0 Å². The minimum Gasteiger partial charge on any atom is -0.466 e. The van der Waals surface area contributed by atoms with E-state index >= 15 is 0 Å². The highest BCUT2D eigenvalue weighted by molar-refractivity contribution is 5.81. The fourth-order valence-corrected chi connectivity index (χ4v) is 0.362. The van der Waals surface area contributed by atoms with Crippen molar-refractivity contribution in [1.29, 1.82) is 0 Å². The van der Waals surface area contributed by atoms with Crippen LogP contribution >= 0.6 is 0 Å². The molecule has 0 bridgehead atoms. The van der Waals surface area contributed by atoms with Gasteiger partial charge in [-0.3, -0.25) is 0 Å². The molecule has 3 N–H and O–H groups in total. The van der Waals surface area contributed by atoms with Crippen LogP contribution in [0.3, 0.4) is 0 Å². The largest absolute Gasteiger partial charge is 0.466 e. The Kier molecular flexibility index (Phi) is 5.47. The van der Waals surface area contributed by atoms with Crippen LogP contribution in [0.5, 0.6) is 0 Å². The van der Waals surface area contributed by atoms with Crippen molar-refractivity contribution in [2.45, 2.75) is 0 Å². The summed E-state index contributed by atoms with van der Waals surface area (Å²) in [5.41, 5.74) is 5.17. The molecule has 0 aromatic rings. The van der Waals surface area contributed by atoms with Gasteiger partial charge in [-0.05, 0) is 0 Å². The van der Waals surface area contributed by atoms with Crippen molar-refractivity contribution in [1.82, 2.24) is 5.32 Å². The van der Waals surface area contributed by atoms with Crippen LogP contribution < -0.4 is 11.1 Å². The summed E-state index contributed by atoms with van der Waals surface area (Å²) >= 11 is 0. The number of hydrogen-bond donors (Lipinski definition) is 2. The molecule has 0 aromatic carbocycles. The Balaban J connectivity index is 3.27. The smallest absolute Gasteiger partial charge is 0.331 e. The molecule has 0 amide bonds. The lowest BCUT2D eigenvalue weighted by Crippen LogP contribution is -2.17. The van der Waals surface area contributed by atoms with Crippen molar-refractivity contribution >= 4 is 5.97 Å². The van der Waals surface area contributed by atoms with Gasteiger partial charge >= 0.3 is 5.97 Å². The molecule has 0 atom stereocenters. The van der Waals surface area contributed by atoms with Crippen LogP contribution in [0, 0.1) is 0 Å². The molecule has 0 saturated heterocycles. The Morgan fingerprint density at radius 1 is 1.80 bits per heavy atom. The highest BCUT2D eigenvalue weighted by Crippen LogP contribution is 1.73. The van der Waals surface area contributed by atoms with Crippen LogP contribution in [0.15, 0.2) is 12.3 Å². The number of rotatable bonds is 4. The molecule has 0 radical (unpaired) electrons. The van der Waals surface area contributed by atoms with Crippen molar-refractivity contribution in [2.24, 2.45) is 5.73 Å².